The van der Waals surface area contributed by atoms with Gasteiger partial charge in [-0.2, -0.15) is 5.10 Å². The second-order valence-electron chi connectivity index (χ2n) is 10.1. The molecule has 5 rings (SSSR count). The van der Waals surface area contributed by atoms with Gasteiger partial charge in [0.05, 0.1) is 30.4 Å². The predicted octanol–water partition coefficient (Wildman–Crippen LogP) is 5.06. The monoisotopic (exact) mass is 483 g/mol. The highest BCUT2D eigenvalue weighted by Gasteiger charge is 2.46. The summed E-state index contributed by atoms with van der Waals surface area (Å²) in [5, 5.41) is 18.6. The summed E-state index contributed by atoms with van der Waals surface area (Å²) in [6, 6.07) is 7.76. The Morgan fingerprint density at radius 2 is 2.09 bits per heavy atom. The molecular weight excluding hydrogens is 456 g/mol. The molecule has 0 saturated carbocycles. The van der Waals surface area contributed by atoms with Crippen molar-refractivity contribution in [2.24, 2.45) is 0 Å². The van der Waals surface area contributed by atoms with Gasteiger partial charge in [0.25, 0.3) is 0 Å². The fourth-order valence-electron chi connectivity index (χ4n) is 5.36. The standard InChI is InChI=1S/C26H27F2N3O4/c1-25(2,13-34-4)23-22(15-10-26(3,24(32)33)35-12-15)17-9-20-14(11-29-30-20)7-21(17)31(23)16-5-6-18(27)19(28)8-16/h5-9,11,15H,10,12-13H2,1-4H3,(H,29,30)(H,32,33)/t15?,26-/m1/s1. The van der Waals surface area contributed by atoms with E-state index < -0.39 is 28.6 Å². The Morgan fingerprint density at radius 3 is 2.74 bits per heavy atom. The molecule has 3 heterocycles. The van der Waals surface area contributed by atoms with Gasteiger partial charge in [0, 0.05) is 46.7 Å². The lowest BCUT2D eigenvalue weighted by molar-refractivity contribution is -0.157. The zero-order chi connectivity index (χ0) is 25.1. The van der Waals surface area contributed by atoms with E-state index in [0.717, 1.165) is 39.1 Å². The summed E-state index contributed by atoms with van der Waals surface area (Å²) in [6.45, 7) is 6.19. The van der Waals surface area contributed by atoms with Crippen LogP contribution in [-0.4, -0.2) is 51.8 Å². The Hall–Kier alpha value is -3.30. The molecule has 0 amide bonds. The average Bonchev–Trinajstić information content (AvgIpc) is 3.50. The molecule has 0 bridgehead atoms. The lowest BCUT2D eigenvalue weighted by atomic mass is 9.81. The average molecular weight is 484 g/mol. The number of aliphatic carboxylic acids is 1. The number of rotatable bonds is 6. The van der Waals surface area contributed by atoms with Gasteiger partial charge < -0.3 is 19.1 Å². The molecule has 1 aliphatic rings. The van der Waals surface area contributed by atoms with Crippen molar-refractivity contribution in [1.29, 1.82) is 0 Å². The number of ether oxygens (including phenoxy) is 2. The minimum absolute atomic E-state index is 0.219. The van der Waals surface area contributed by atoms with Crippen molar-refractivity contribution < 1.29 is 28.2 Å². The molecule has 0 spiro atoms. The van der Waals surface area contributed by atoms with E-state index in [0.29, 0.717) is 12.3 Å². The number of carboxylic acids is 1. The first-order valence-electron chi connectivity index (χ1n) is 11.4. The van der Waals surface area contributed by atoms with Crippen LogP contribution < -0.4 is 0 Å². The number of benzene rings is 2. The third-order valence-electron chi connectivity index (χ3n) is 6.97. The van der Waals surface area contributed by atoms with Crippen molar-refractivity contribution in [2.45, 2.75) is 44.1 Å². The number of nitrogens with zero attached hydrogens (tertiary/aromatic N) is 2. The number of fused-ring (bicyclic) bond motifs is 2. The van der Waals surface area contributed by atoms with Gasteiger partial charge in [0.1, 0.15) is 0 Å². The van der Waals surface area contributed by atoms with E-state index in [1.165, 1.54) is 6.07 Å². The van der Waals surface area contributed by atoms with Gasteiger partial charge in [0.2, 0.25) is 0 Å². The summed E-state index contributed by atoms with van der Waals surface area (Å²) < 4.78 is 41.6. The number of aromatic amines is 1. The van der Waals surface area contributed by atoms with Gasteiger partial charge in [-0.25, -0.2) is 13.6 Å². The minimum atomic E-state index is -1.32. The summed E-state index contributed by atoms with van der Waals surface area (Å²) in [4.78, 5) is 11.9. The third kappa shape index (κ3) is 3.70. The number of H-pyrrole nitrogens is 1. The Morgan fingerprint density at radius 1 is 1.31 bits per heavy atom. The molecule has 7 nitrogen and oxygen atoms in total. The molecule has 2 aromatic heterocycles. The molecule has 2 atom stereocenters. The number of methoxy groups -OCH3 is 1. The maximum atomic E-state index is 14.4. The molecule has 1 aliphatic heterocycles. The van der Waals surface area contributed by atoms with E-state index in [9.17, 15) is 18.7 Å². The highest BCUT2D eigenvalue weighted by atomic mass is 19.2. The van der Waals surface area contributed by atoms with E-state index in [1.807, 2.05) is 30.5 Å². The molecule has 35 heavy (non-hydrogen) atoms. The second kappa shape index (κ2) is 8.13. The number of carbonyl (C=O) groups is 1. The first-order chi connectivity index (χ1) is 16.6. The van der Waals surface area contributed by atoms with Gasteiger partial charge in [0.15, 0.2) is 17.2 Å². The summed E-state index contributed by atoms with van der Waals surface area (Å²) in [5.41, 5.74) is 1.92. The molecule has 0 radical (unpaired) electrons. The van der Waals surface area contributed by atoms with Crippen LogP contribution >= 0.6 is 0 Å². The summed E-state index contributed by atoms with van der Waals surface area (Å²) in [5.74, 6) is -3.13. The van der Waals surface area contributed by atoms with Crippen LogP contribution in [0.15, 0.2) is 36.5 Å². The van der Waals surface area contributed by atoms with E-state index in [1.54, 1.807) is 26.3 Å². The largest absolute Gasteiger partial charge is 0.479 e. The molecule has 2 aromatic carbocycles. The van der Waals surface area contributed by atoms with Crippen molar-refractivity contribution >= 4 is 27.8 Å². The molecule has 184 valence electrons. The van der Waals surface area contributed by atoms with Crippen molar-refractivity contribution in [3.8, 4) is 5.69 Å². The van der Waals surface area contributed by atoms with Crippen molar-refractivity contribution in [3.05, 3.63) is 59.4 Å². The first-order valence-corrected chi connectivity index (χ1v) is 11.4. The number of nitrogens with one attached hydrogen (secondary N) is 1. The fourth-order valence-corrected chi connectivity index (χ4v) is 5.36. The number of aromatic nitrogens is 3. The molecule has 1 fully saturated rings. The molecule has 1 unspecified atom stereocenters. The van der Waals surface area contributed by atoms with Crippen LogP contribution in [0, 0.1) is 11.6 Å². The second-order valence-corrected chi connectivity index (χ2v) is 10.1. The normalized spacial score (nSPS) is 20.8. The Bertz CT molecular complexity index is 1460. The number of hydrogen-bond acceptors (Lipinski definition) is 4. The predicted molar refractivity (Wildman–Crippen MR) is 127 cm³/mol. The van der Waals surface area contributed by atoms with Gasteiger partial charge in [-0.3, -0.25) is 5.10 Å². The maximum Gasteiger partial charge on any atom is 0.335 e. The van der Waals surface area contributed by atoms with Gasteiger partial charge in [-0.05, 0) is 43.2 Å². The van der Waals surface area contributed by atoms with E-state index in [2.05, 4.69) is 10.2 Å². The quantitative estimate of drug-likeness (QED) is 0.400. The molecule has 0 aliphatic carbocycles. The van der Waals surface area contributed by atoms with Crippen LogP contribution in [0.3, 0.4) is 0 Å². The summed E-state index contributed by atoms with van der Waals surface area (Å²) >= 11 is 0. The van der Waals surface area contributed by atoms with Crippen LogP contribution in [0.5, 0.6) is 0 Å². The molecule has 9 heteroatoms. The summed E-state index contributed by atoms with van der Waals surface area (Å²) in [7, 11) is 1.61. The molecule has 1 saturated heterocycles. The SMILES string of the molecule is COCC(C)(C)c1c(C2CO[C@@](C)(C(=O)O)C2)c2cc3[nH]ncc3cc2n1-c1ccc(F)c(F)c1. The van der Waals surface area contributed by atoms with E-state index in [4.69, 9.17) is 9.47 Å². The van der Waals surface area contributed by atoms with Crippen molar-refractivity contribution in [2.75, 3.05) is 20.3 Å². The molecular formula is C26H27F2N3O4. The smallest absolute Gasteiger partial charge is 0.335 e. The Balaban J connectivity index is 1.88. The minimum Gasteiger partial charge on any atom is -0.479 e. The highest BCUT2D eigenvalue weighted by Crippen LogP contribution is 2.47. The zero-order valence-electron chi connectivity index (χ0n) is 20.0. The van der Waals surface area contributed by atoms with Crippen LogP contribution in [0.2, 0.25) is 0 Å². The molecule has 4 aromatic rings. The number of carboxylic acid groups (broad SMARTS) is 1. The lowest BCUT2D eigenvalue weighted by Crippen LogP contribution is -2.34. The van der Waals surface area contributed by atoms with Gasteiger partial charge in [-0.15, -0.1) is 0 Å². The van der Waals surface area contributed by atoms with Crippen LogP contribution in [0.4, 0.5) is 8.78 Å². The van der Waals surface area contributed by atoms with Crippen LogP contribution in [0.1, 0.15) is 44.4 Å². The Kier molecular flexibility index (Phi) is 5.45. The number of halogens is 2. The maximum absolute atomic E-state index is 14.4. The van der Waals surface area contributed by atoms with Gasteiger partial charge in [-0.1, -0.05) is 13.8 Å². The molecule has 2 N–H and O–H groups in total. The van der Waals surface area contributed by atoms with Crippen LogP contribution in [0.25, 0.3) is 27.5 Å². The lowest BCUT2D eigenvalue weighted by Gasteiger charge is -2.29. The first kappa shape index (κ1) is 23.4. The van der Waals surface area contributed by atoms with Crippen molar-refractivity contribution in [3.63, 3.8) is 0 Å². The summed E-state index contributed by atoms with van der Waals surface area (Å²) in [6.07, 6.45) is 1.98. The van der Waals surface area contributed by atoms with Crippen LogP contribution in [-0.2, 0) is 19.7 Å². The third-order valence-corrected chi connectivity index (χ3v) is 6.97. The topological polar surface area (TPSA) is 89.4 Å². The highest BCUT2D eigenvalue weighted by molar-refractivity contribution is 5.99. The fraction of sp³-hybridized carbons (Fsp3) is 0.385. The Labute approximate surface area is 200 Å². The van der Waals surface area contributed by atoms with E-state index in [-0.39, 0.29) is 18.9 Å². The van der Waals surface area contributed by atoms with Crippen molar-refractivity contribution in [1.82, 2.24) is 14.8 Å². The zero-order valence-corrected chi connectivity index (χ0v) is 20.0. The van der Waals surface area contributed by atoms with Gasteiger partial charge >= 0.3 is 5.97 Å². The van der Waals surface area contributed by atoms with E-state index >= 15 is 0 Å². The number of hydrogen-bond donors (Lipinski definition) is 2.